The minimum Gasteiger partial charge on any atom is -0.463 e. The van der Waals surface area contributed by atoms with Gasteiger partial charge in [-0.1, -0.05) is 18.2 Å². The molecule has 0 atom stereocenters. The summed E-state index contributed by atoms with van der Waals surface area (Å²) in [5.74, 6) is 0.496. The van der Waals surface area contributed by atoms with Crippen LogP contribution in [0, 0.1) is 0 Å². The second-order valence-electron chi connectivity index (χ2n) is 4.16. The molecule has 82 valence electrons. The van der Waals surface area contributed by atoms with Crippen molar-refractivity contribution < 1.29 is 9.53 Å². The Balaban J connectivity index is 2.49. The number of fused-ring (bicyclic) bond motifs is 1. The van der Waals surface area contributed by atoms with E-state index in [1.807, 2.05) is 30.3 Å². The summed E-state index contributed by atoms with van der Waals surface area (Å²) < 4.78 is 5.59. The van der Waals surface area contributed by atoms with E-state index >= 15 is 0 Å². The number of hydrogen-bond donors (Lipinski definition) is 0. The van der Waals surface area contributed by atoms with E-state index < -0.39 is 5.60 Å². The van der Waals surface area contributed by atoms with Crippen LogP contribution in [0.2, 0.25) is 0 Å². The summed E-state index contributed by atoms with van der Waals surface area (Å²) in [6, 6.07) is 9.70. The molecular formula is C13H13NO2. The number of nitrogens with zero attached hydrogens (tertiary/aromatic N) is 1. The molecule has 2 aromatic rings. The van der Waals surface area contributed by atoms with E-state index in [-0.39, 0.29) is 0 Å². The first kappa shape index (κ1) is 10.6. The maximum Gasteiger partial charge on any atom is 0.222 e. The summed E-state index contributed by atoms with van der Waals surface area (Å²) >= 11 is 0. The topological polar surface area (TPSA) is 39.2 Å². The van der Waals surface area contributed by atoms with E-state index in [1.54, 1.807) is 20.0 Å². The SMILES string of the molecule is CC(C)(C=O)Oc1nccc2ccccc12. The number of ether oxygens (including phenoxy) is 1. The fraction of sp³-hybridized carbons (Fsp3) is 0.231. The second-order valence-corrected chi connectivity index (χ2v) is 4.16. The molecule has 0 aliphatic rings. The van der Waals surface area contributed by atoms with E-state index in [2.05, 4.69) is 4.98 Å². The second kappa shape index (κ2) is 3.93. The average Bonchev–Trinajstić information content (AvgIpc) is 2.29. The lowest BCUT2D eigenvalue weighted by Gasteiger charge is -2.19. The van der Waals surface area contributed by atoms with Crippen LogP contribution in [0.5, 0.6) is 5.88 Å². The van der Waals surface area contributed by atoms with Crippen LogP contribution in [-0.4, -0.2) is 16.9 Å². The molecule has 0 N–H and O–H groups in total. The average molecular weight is 215 g/mol. The molecule has 0 spiro atoms. The van der Waals surface area contributed by atoms with E-state index in [9.17, 15) is 4.79 Å². The smallest absolute Gasteiger partial charge is 0.222 e. The monoisotopic (exact) mass is 215 g/mol. The molecule has 16 heavy (non-hydrogen) atoms. The Morgan fingerprint density at radius 1 is 1.25 bits per heavy atom. The molecular weight excluding hydrogens is 202 g/mol. The van der Waals surface area contributed by atoms with Gasteiger partial charge in [0, 0.05) is 11.6 Å². The molecule has 0 aliphatic heterocycles. The molecule has 3 nitrogen and oxygen atoms in total. The van der Waals surface area contributed by atoms with Gasteiger partial charge in [-0.2, -0.15) is 0 Å². The maximum atomic E-state index is 10.8. The highest BCUT2D eigenvalue weighted by atomic mass is 16.5. The standard InChI is InChI=1S/C13H13NO2/c1-13(2,9-15)16-12-11-6-4-3-5-10(11)7-8-14-12/h3-9H,1-2H3. The number of carbonyl (C=O) groups is 1. The Kier molecular flexibility index (Phi) is 2.60. The minimum absolute atomic E-state index is 0.496. The van der Waals surface area contributed by atoms with Gasteiger partial charge < -0.3 is 4.74 Å². The third-order valence-electron chi connectivity index (χ3n) is 2.28. The third-order valence-corrected chi connectivity index (χ3v) is 2.28. The van der Waals surface area contributed by atoms with Crippen molar-refractivity contribution in [2.45, 2.75) is 19.4 Å². The zero-order valence-electron chi connectivity index (χ0n) is 9.31. The maximum absolute atomic E-state index is 10.8. The van der Waals surface area contributed by atoms with Crippen LogP contribution in [0.15, 0.2) is 36.5 Å². The van der Waals surface area contributed by atoms with Gasteiger partial charge in [0.2, 0.25) is 5.88 Å². The van der Waals surface area contributed by atoms with Crippen LogP contribution >= 0.6 is 0 Å². The number of pyridine rings is 1. The number of aromatic nitrogens is 1. The van der Waals surface area contributed by atoms with E-state index in [0.717, 1.165) is 17.1 Å². The molecule has 1 heterocycles. The molecule has 1 aromatic heterocycles. The summed E-state index contributed by atoms with van der Waals surface area (Å²) in [7, 11) is 0. The van der Waals surface area contributed by atoms with Crippen LogP contribution < -0.4 is 4.74 Å². The van der Waals surface area contributed by atoms with E-state index in [1.165, 1.54) is 0 Å². The first-order chi connectivity index (χ1) is 7.62. The molecule has 0 saturated heterocycles. The molecule has 0 aliphatic carbocycles. The highest BCUT2D eigenvalue weighted by Crippen LogP contribution is 2.25. The molecule has 0 amide bonds. The number of hydrogen-bond acceptors (Lipinski definition) is 3. The molecule has 0 bridgehead atoms. The highest BCUT2D eigenvalue weighted by Gasteiger charge is 2.20. The van der Waals surface area contributed by atoms with Crippen LogP contribution in [0.3, 0.4) is 0 Å². The fourth-order valence-corrected chi connectivity index (χ4v) is 1.45. The fourth-order valence-electron chi connectivity index (χ4n) is 1.45. The van der Waals surface area contributed by atoms with E-state index in [4.69, 9.17) is 4.74 Å². The van der Waals surface area contributed by atoms with Crippen molar-refractivity contribution in [3.8, 4) is 5.88 Å². The van der Waals surface area contributed by atoms with Crippen LogP contribution in [0.1, 0.15) is 13.8 Å². The first-order valence-corrected chi connectivity index (χ1v) is 5.11. The zero-order valence-corrected chi connectivity index (χ0v) is 9.31. The van der Waals surface area contributed by atoms with Crippen molar-refractivity contribution in [2.75, 3.05) is 0 Å². The van der Waals surface area contributed by atoms with Crippen molar-refractivity contribution in [3.63, 3.8) is 0 Å². The highest BCUT2D eigenvalue weighted by molar-refractivity contribution is 5.86. The Labute approximate surface area is 94.1 Å². The third kappa shape index (κ3) is 2.03. The van der Waals surface area contributed by atoms with E-state index in [0.29, 0.717) is 5.88 Å². The lowest BCUT2D eigenvalue weighted by atomic mass is 10.1. The molecule has 2 rings (SSSR count). The van der Waals surface area contributed by atoms with Gasteiger partial charge in [0.1, 0.15) is 0 Å². The Hall–Kier alpha value is -1.90. The quantitative estimate of drug-likeness (QED) is 0.739. The molecule has 0 saturated carbocycles. The van der Waals surface area contributed by atoms with Gasteiger partial charge in [0.25, 0.3) is 0 Å². The lowest BCUT2D eigenvalue weighted by Crippen LogP contribution is -2.30. The number of carbonyl (C=O) groups excluding carboxylic acids is 1. The van der Waals surface area contributed by atoms with Gasteiger partial charge in [-0.05, 0) is 31.4 Å². The molecule has 0 fully saturated rings. The van der Waals surface area contributed by atoms with Gasteiger partial charge in [0.05, 0.1) is 0 Å². The van der Waals surface area contributed by atoms with Crippen molar-refractivity contribution in [3.05, 3.63) is 36.5 Å². The summed E-state index contributed by atoms with van der Waals surface area (Å²) in [6.45, 7) is 3.42. The van der Waals surface area contributed by atoms with Crippen molar-refractivity contribution in [1.29, 1.82) is 0 Å². The first-order valence-electron chi connectivity index (χ1n) is 5.11. The summed E-state index contributed by atoms with van der Waals surface area (Å²) in [5, 5.41) is 1.97. The Morgan fingerprint density at radius 3 is 2.75 bits per heavy atom. The predicted molar refractivity (Wildman–Crippen MR) is 62.5 cm³/mol. The summed E-state index contributed by atoms with van der Waals surface area (Å²) in [6.07, 6.45) is 2.45. The Morgan fingerprint density at radius 2 is 2.00 bits per heavy atom. The number of rotatable bonds is 3. The molecule has 3 heteroatoms. The van der Waals surface area contributed by atoms with Gasteiger partial charge in [-0.15, -0.1) is 0 Å². The molecule has 1 aromatic carbocycles. The van der Waals surface area contributed by atoms with Crippen LogP contribution in [0.25, 0.3) is 10.8 Å². The number of benzene rings is 1. The van der Waals surface area contributed by atoms with Crippen LogP contribution in [0.4, 0.5) is 0 Å². The molecule has 0 unspecified atom stereocenters. The molecule has 0 radical (unpaired) electrons. The Bertz CT molecular complexity index is 515. The van der Waals surface area contributed by atoms with Gasteiger partial charge in [-0.3, -0.25) is 4.79 Å². The largest absolute Gasteiger partial charge is 0.463 e. The zero-order chi connectivity index (χ0) is 11.6. The van der Waals surface area contributed by atoms with Gasteiger partial charge in [-0.25, -0.2) is 4.98 Å². The normalized spacial score (nSPS) is 11.4. The van der Waals surface area contributed by atoms with Gasteiger partial charge in [0.15, 0.2) is 11.9 Å². The minimum atomic E-state index is -0.850. The van der Waals surface area contributed by atoms with Crippen molar-refractivity contribution in [2.24, 2.45) is 0 Å². The van der Waals surface area contributed by atoms with Crippen molar-refractivity contribution >= 4 is 17.1 Å². The summed E-state index contributed by atoms with van der Waals surface area (Å²) in [5.41, 5.74) is -0.850. The van der Waals surface area contributed by atoms with Crippen LogP contribution in [-0.2, 0) is 4.79 Å². The lowest BCUT2D eigenvalue weighted by molar-refractivity contribution is -0.119. The number of aldehydes is 1. The predicted octanol–water partition coefficient (Wildman–Crippen LogP) is 2.59. The van der Waals surface area contributed by atoms with Crippen molar-refractivity contribution in [1.82, 2.24) is 4.98 Å². The van der Waals surface area contributed by atoms with Gasteiger partial charge >= 0.3 is 0 Å². The summed E-state index contributed by atoms with van der Waals surface area (Å²) in [4.78, 5) is 15.0.